The minimum Gasteiger partial charge on any atom is -0.399 e. The standard InChI is InChI=1S/C10H14F2N2O3S/c11-10(12)9(15)5-14-18(16,17)6-7-1-3-8(13)4-2-7/h1-4,9-10,14-15H,5-6,13H2. The monoisotopic (exact) mass is 280 g/mol. The SMILES string of the molecule is Nc1ccc(CS(=O)(=O)NCC(O)C(F)F)cc1. The molecule has 102 valence electrons. The molecule has 1 aromatic carbocycles. The molecule has 0 saturated carbocycles. The molecule has 18 heavy (non-hydrogen) atoms. The number of hydrogen-bond acceptors (Lipinski definition) is 4. The molecular weight excluding hydrogens is 266 g/mol. The van der Waals surface area contributed by atoms with E-state index in [2.05, 4.69) is 0 Å². The second-order valence-electron chi connectivity index (χ2n) is 3.75. The van der Waals surface area contributed by atoms with Crippen molar-refractivity contribution in [1.82, 2.24) is 4.72 Å². The van der Waals surface area contributed by atoms with E-state index in [0.29, 0.717) is 11.3 Å². The number of rotatable bonds is 6. The lowest BCUT2D eigenvalue weighted by Gasteiger charge is -2.11. The van der Waals surface area contributed by atoms with Crippen molar-refractivity contribution in [3.63, 3.8) is 0 Å². The average Bonchev–Trinajstić information content (AvgIpc) is 2.29. The lowest BCUT2D eigenvalue weighted by atomic mass is 10.2. The van der Waals surface area contributed by atoms with E-state index in [1.165, 1.54) is 12.1 Å². The van der Waals surface area contributed by atoms with Gasteiger partial charge in [-0.2, -0.15) is 0 Å². The van der Waals surface area contributed by atoms with Gasteiger partial charge in [0.1, 0.15) is 6.10 Å². The number of nitrogen functional groups attached to an aromatic ring is 1. The van der Waals surface area contributed by atoms with Crippen molar-refractivity contribution >= 4 is 15.7 Å². The van der Waals surface area contributed by atoms with E-state index < -0.39 is 29.1 Å². The van der Waals surface area contributed by atoms with E-state index in [9.17, 15) is 17.2 Å². The summed E-state index contributed by atoms with van der Waals surface area (Å²) in [6.45, 7) is -0.713. The second kappa shape index (κ2) is 6.07. The van der Waals surface area contributed by atoms with Crippen LogP contribution in [0.4, 0.5) is 14.5 Å². The quantitative estimate of drug-likeness (QED) is 0.654. The lowest BCUT2D eigenvalue weighted by Crippen LogP contribution is -2.36. The first-order valence-electron chi connectivity index (χ1n) is 5.08. The third kappa shape index (κ3) is 4.94. The summed E-state index contributed by atoms with van der Waals surface area (Å²) in [4.78, 5) is 0. The minimum atomic E-state index is -3.76. The van der Waals surface area contributed by atoms with E-state index in [0.717, 1.165) is 0 Å². The summed E-state index contributed by atoms with van der Waals surface area (Å²) in [5.74, 6) is -0.358. The first kappa shape index (κ1) is 14.8. The van der Waals surface area contributed by atoms with Crippen molar-refractivity contribution in [1.29, 1.82) is 0 Å². The number of sulfonamides is 1. The van der Waals surface area contributed by atoms with Gasteiger partial charge in [0.05, 0.1) is 5.75 Å². The lowest BCUT2D eigenvalue weighted by molar-refractivity contribution is -0.000455. The Bertz CT molecular complexity index is 476. The van der Waals surface area contributed by atoms with Crippen LogP contribution in [0.25, 0.3) is 0 Å². The maximum absolute atomic E-state index is 12.0. The van der Waals surface area contributed by atoms with Gasteiger partial charge in [0, 0.05) is 12.2 Å². The van der Waals surface area contributed by atoms with Gasteiger partial charge >= 0.3 is 0 Å². The third-order valence-electron chi connectivity index (χ3n) is 2.14. The Balaban J connectivity index is 2.57. The average molecular weight is 280 g/mol. The molecule has 1 aromatic rings. The zero-order valence-electron chi connectivity index (χ0n) is 9.38. The number of aliphatic hydroxyl groups is 1. The Hall–Kier alpha value is -1.25. The summed E-state index contributed by atoms with van der Waals surface area (Å²) in [6, 6.07) is 6.13. The summed E-state index contributed by atoms with van der Waals surface area (Å²) < 4.78 is 48.9. The number of hydrogen-bond donors (Lipinski definition) is 3. The summed E-state index contributed by atoms with van der Waals surface area (Å²) in [5.41, 5.74) is 6.41. The van der Waals surface area contributed by atoms with Gasteiger partial charge in [-0.25, -0.2) is 21.9 Å². The Morgan fingerprint density at radius 2 is 1.83 bits per heavy atom. The van der Waals surface area contributed by atoms with Crippen molar-refractivity contribution in [2.24, 2.45) is 0 Å². The molecule has 0 bridgehead atoms. The third-order valence-corrected chi connectivity index (χ3v) is 3.46. The van der Waals surface area contributed by atoms with E-state index in [-0.39, 0.29) is 5.75 Å². The van der Waals surface area contributed by atoms with E-state index in [1.54, 1.807) is 12.1 Å². The molecule has 1 rings (SSSR count). The van der Waals surface area contributed by atoms with Gasteiger partial charge < -0.3 is 10.8 Å². The largest absolute Gasteiger partial charge is 0.399 e. The van der Waals surface area contributed by atoms with Crippen LogP contribution in [0.15, 0.2) is 24.3 Å². The van der Waals surface area contributed by atoms with Crippen LogP contribution >= 0.6 is 0 Å². The number of benzene rings is 1. The van der Waals surface area contributed by atoms with Gasteiger partial charge in [-0.05, 0) is 17.7 Å². The van der Waals surface area contributed by atoms with E-state index in [4.69, 9.17) is 10.8 Å². The smallest absolute Gasteiger partial charge is 0.265 e. The Labute approximate surface area is 104 Å². The molecule has 5 nitrogen and oxygen atoms in total. The zero-order chi connectivity index (χ0) is 13.8. The number of halogens is 2. The van der Waals surface area contributed by atoms with Crippen molar-refractivity contribution in [2.45, 2.75) is 18.3 Å². The molecule has 0 aromatic heterocycles. The van der Waals surface area contributed by atoms with Crippen LogP contribution in [-0.4, -0.2) is 32.6 Å². The van der Waals surface area contributed by atoms with Crippen molar-refractivity contribution in [3.8, 4) is 0 Å². The number of alkyl halides is 2. The van der Waals surface area contributed by atoms with Crippen LogP contribution in [0.2, 0.25) is 0 Å². The molecular formula is C10H14F2N2O3S. The summed E-state index contributed by atoms with van der Waals surface area (Å²) >= 11 is 0. The van der Waals surface area contributed by atoms with E-state index in [1.807, 2.05) is 4.72 Å². The molecule has 0 aliphatic heterocycles. The Kier molecular flexibility index (Phi) is 5.00. The van der Waals surface area contributed by atoms with Gasteiger partial charge in [-0.3, -0.25) is 0 Å². The van der Waals surface area contributed by atoms with Crippen LogP contribution in [0, 0.1) is 0 Å². The maximum atomic E-state index is 12.0. The molecule has 0 aliphatic rings. The molecule has 8 heteroatoms. The normalized spacial score (nSPS) is 13.8. The Morgan fingerprint density at radius 3 is 2.33 bits per heavy atom. The molecule has 1 unspecified atom stereocenters. The van der Waals surface area contributed by atoms with Crippen LogP contribution in [-0.2, 0) is 15.8 Å². The highest BCUT2D eigenvalue weighted by Gasteiger charge is 2.20. The van der Waals surface area contributed by atoms with Crippen molar-refractivity contribution in [3.05, 3.63) is 29.8 Å². The molecule has 0 fully saturated rings. The summed E-state index contributed by atoms with van der Waals surface area (Å²) in [5, 5.41) is 8.80. The molecule has 1 atom stereocenters. The topological polar surface area (TPSA) is 92.4 Å². The fourth-order valence-electron chi connectivity index (χ4n) is 1.19. The Morgan fingerprint density at radius 1 is 1.28 bits per heavy atom. The molecule has 0 spiro atoms. The van der Waals surface area contributed by atoms with Crippen LogP contribution < -0.4 is 10.5 Å². The van der Waals surface area contributed by atoms with Crippen LogP contribution in [0.3, 0.4) is 0 Å². The van der Waals surface area contributed by atoms with Gasteiger partial charge in [-0.15, -0.1) is 0 Å². The van der Waals surface area contributed by atoms with Gasteiger partial charge in [-0.1, -0.05) is 12.1 Å². The van der Waals surface area contributed by atoms with Crippen molar-refractivity contribution < 1.29 is 22.3 Å². The predicted octanol–water partition coefficient (Wildman–Crippen LogP) is 0.314. The first-order valence-corrected chi connectivity index (χ1v) is 6.73. The van der Waals surface area contributed by atoms with Crippen LogP contribution in [0.5, 0.6) is 0 Å². The fourth-order valence-corrected chi connectivity index (χ4v) is 2.34. The predicted molar refractivity (Wildman–Crippen MR) is 63.5 cm³/mol. The summed E-state index contributed by atoms with van der Waals surface area (Å²) in [6.07, 6.45) is -4.99. The van der Waals surface area contributed by atoms with Gasteiger partial charge in [0.2, 0.25) is 10.0 Å². The van der Waals surface area contributed by atoms with Crippen LogP contribution in [0.1, 0.15) is 5.56 Å². The molecule has 0 aliphatic carbocycles. The fraction of sp³-hybridized carbons (Fsp3) is 0.400. The molecule has 0 saturated heterocycles. The molecule has 0 radical (unpaired) electrons. The highest BCUT2D eigenvalue weighted by molar-refractivity contribution is 7.88. The minimum absolute atomic E-state index is 0.358. The molecule has 0 amide bonds. The second-order valence-corrected chi connectivity index (χ2v) is 5.56. The first-order chi connectivity index (χ1) is 8.30. The van der Waals surface area contributed by atoms with E-state index >= 15 is 0 Å². The number of nitrogens with one attached hydrogen (secondary N) is 1. The highest BCUT2D eigenvalue weighted by Crippen LogP contribution is 2.09. The van der Waals surface area contributed by atoms with Crippen molar-refractivity contribution in [2.75, 3.05) is 12.3 Å². The summed E-state index contributed by atoms with van der Waals surface area (Å²) in [7, 11) is -3.76. The maximum Gasteiger partial charge on any atom is 0.265 e. The number of anilines is 1. The highest BCUT2D eigenvalue weighted by atomic mass is 32.2. The van der Waals surface area contributed by atoms with Gasteiger partial charge in [0.25, 0.3) is 6.43 Å². The molecule has 0 heterocycles. The number of aliphatic hydroxyl groups excluding tert-OH is 1. The molecule has 4 N–H and O–H groups in total. The number of nitrogens with two attached hydrogens (primary N) is 1. The van der Waals surface area contributed by atoms with Gasteiger partial charge in [0.15, 0.2) is 0 Å². The zero-order valence-corrected chi connectivity index (χ0v) is 10.2.